The number of aromatic nitrogens is 2. The fraction of sp³-hybridized carbons (Fsp3) is 0.562. The maximum Gasteiger partial charge on any atom is 0.178 e. The van der Waals surface area contributed by atoms with Gasteiger partial charge in [0.2, 0.25) is 0 Å². The summed E-state index contributed by atoms with van der Waals surface area (Å²) in [4.78, 5) is 3.35. The summed E-state index contributed by atoms with van der Waals surface area (Å²) in [5.74, 6) is 2.76. The van der Waals surface area contributed by atoms with Crippen LogP contribution in [0.4, 0.5) is 0 Å². The molecule has 1 aromatic carbocycles. The van der Waals surface area contributed by atoms with Crippen LogP contribution in [0.25, 0.3) is 11.0 Å². The second-order valence-electron chi connectivity index (χ2n) is 6.40. The number of aromatic amines is 1. The second kappa shape index (κ2) is 4.20. The van der Waals surface area contributed by atoms with Crippen LogP contribution in [0.2, 0.25) is 0 Å². The molecule has 1 heterocycles. The molecule has 1 N–H and O–H groups in total. The van der Waals surface area contributed by atoms with Gasteiger partial charge in [0, 0.05) is 6.04 Å². The molecule has 3 heteroatoms. The van der Waals surface area contributed by atoms with E-state index in [1.54, 1.807) is 0 Å². The van der Waals surface area contributed by atoms with E-state index >= 15 is 0 Å². The lowest BCUT2D eigenvalue weighted by atomic mass is 9.84. The molecular weight excluding hydrogens is 252 g/mol. The average molecular weight is 272 g/mol. The summed E-state index contributed by atoms with van der Waals surface area (Å²) in [6.07, 6.45) is 5.78. The molecule has 4 atom stereocenters. The zero-order valence-electron chi connectivity index (χ0n) is 11.3. The summed E-state index contributed by atoms with van der Waals surface area (Å²) in [7, 11) is 0. The molecule has 2 nitrogen and oxygen atoms in total. The van der Waals surface area contributed by atoms with Crippen LogP contribution in [0, 0.1) is 22.5 Å². The van der Waals surface area contributed by atoms with Gasteiger partial charge < -0.3 is 9.55 Å². The minimum Gasteiger partial charge on any atom is -0.331 e. The van der Waals surface area contributed by atoms with Crippen molar-refractivity contribution in [1.29, 1.82) is 0 Å². The highest BCUT2D eigenvalue weighted by molar-refractivity contribution is 7.71. The molecule has 0 radical (unpaired) electrons. The SMILES string of the molecule is CC(C1CC2CCC1C2)n1c(=S)[nH]c2ccccc21. The van der Waals surface area contributed by atoms with Crippen LogP contribution in [0.3, 0.4) is 0 Å². The predicted molar refractivity (Wildman–Crippen MR) is 80.8 cm³/mol. The Labute approximate surface area is 118 Å². The number of imidazole rings is 1. The first-order valence-corrected chi connectivity index (χ1v) is 7.84. The number of nitrogens with one attached hydrogen (secondary N) is 1. The fourth-order valence-corrected chi connectivity index (χ4v) is 4.93. The number of fused-ring (bicyclic) bond motifs is 3. The molecule has 4 rings (SSSR count). The third-order valence-corrected chi connectivity index (χ3v) is 5.74. The highest BCUT2D eigenvalue weighted by atomic mass is 32.1. The van der Waals surface area contributed by atoms with Gasteiger partial charge in [0.25, 0.3) is 0 Å². The molecule has 4 unspecified atom stereocenters. The van der Waals surface area contributed by atoms with Gasteiger partial charge in [-0.3, -0.25) is 0 Å². The van der Waals surface area contributed by atoms with Gasteiger partial charge in [-0.05, 0) is 68.3 Å². The third-order valence-electron chi connectivity index (χ3n) is 5.44. The minimum absolute atomic E-state index is 0.527. The Morgan fingerprint density at radius 3 is 2.84 bits per heavy atom. The number of hydrogen-bond donors (Lipinski definition) is 1. The topological polar surface area (TPSA) is 20.7 Å². The Morgan fingerprint density at radius 2 is 2.11 bits per heavy atom. The molecule has 0 amide bonds. The Kier molecular flexibility index (Phi) is 2.59. The van der Waals surface area contributed by atoms with Gasteiger partial charge in [-0.2, -0.15) is 0 Å². The number of hydrogen-bond acceptors (Lipinski definition) is 1. The van der Waals surface area contributed by atoms with Gasteiger partial charge in [-0.25, -0.2) is 0 Å². The lowest BCUT2D eigenvalue weighted by Gasteiger charge is -2.29. The molecule has 0 spiro atoms. The quantitative estimate of drug-likeness (QED) is 0.786. The summed E-state index contributed by atoms with van der Waals surface area (Å²) in [5, 5.41) is 0. The fourth-order valence-electron chi connectivity index (χ4n) is 4.55. The van der Waals surface area contributed by atoms with Gasteiger partial charge >= 0.3 is 0 Å². The summed E-state index contributed by atoms with van der Waals surface area (Å²) in [6, 6.07) is 9.01. The molecule has 2 aromatic rings. The normalized spacial score (nSPS) is 31.1. The van der Waals surface area contributed by atoms with E-state index in [0.29, 0.717) is 6.04 Å². The highest BCUT2D eigenvalue weighted by Crippen LogP contribution is 2.52. The van der Waals surface area contributed by atoms with Crippen molar-refractivity contribution in [1.82, 2.24) is 9.55 Å². The smallest absolute Gasteiger partial charge is 0.178 e. The summed E-state index contributed by atoms with van der Waals surface area (Å²) in [6.45, 7) is 2.36. The minimum atomic E-state index is 0.527. The summed E-state index contributed by atoms with van der Waals surface area (Å²) in [5.41, 5.74) is 2.44. The molecule has 100 valence electrons. The van der Waals surface area contributed by atoms with Crippen LogP contribution in [-0.4, -0.2) is 9.55 Å². The van der Waals surface area contributed by atoms with E-state index in [-0.39, 0.29) is 0 Å². The second-order valence-corrected chi connectivity index (χ2v) is 6.78. The standard InChI is InChI=1S/C16H20N2S/c1-10(13-9-11-6-7-12(13)8-11)18-15-5-3-2-4-14(15)17-16(18)19/h2-5,10-13H,6-9H2,1H3,(H,17,19). The van der Waals surface area contributed by atoms with E-state index in [1.807, 2.05) is 0 Å². The molecule has 2 aliphatic rings. The van der Waals surface area contributed by atoms with Crippen molar-refractivity contribution in [3.63, 3.8) is 0 Å². The Hall–Kier alpha value is -1.09. The van der Waals surface area contributed by atoms with Crippen molar-refractivity contribution in [3.8, 4) is 0 Å². The van der Waals surface area contributed by atoms with E-state index in [4.69, 9.17) is 12.2 Å². The van der Waals surface area contributed by atoms with E-state index in [9.17, 15) is 0 Å². The summed E-state index contributed by atoms with van der Waals surface area (Å²) < 4.78 is 3.24. The zero-order chi connectivity index (χ0) is 13.0. The van der Waals surface area contributed by atoms with Gasteiger partial charge in [0.1, 0.15) is 0 Å². The number of rotatable bonds is 2. The lowest BCUT2D eigenvalue weighted by molar-refractivity contribution is 0.245. The third kappa shape index (κ3) is 1.71. The Balaban J connectivity index is 1.78. The molecule has 0 saturated heterocycles. The molecule has 1 aromatic heterocycles. The van der Waals surface area contributed by atoms with Crippen LogP contribution in [0.15, 0.2) is 24.3 Å². The lowest BCUT2D eigenvalue weighted by Crippen LogP contribution is -2.22. The van der Waals surface area contributed by atoms with E-state index in [0.717, 1.165) is 22.5 Å². The molecule has 2 bridgehead atoms. The Morgan fingerprint density at radius 1 is 1.26 bits per heavy atom. The van der Waals surface area contributed by atoms with Crippen LogP contribution in [0.1, 0.15) is 38.6 Å². The first-order chi connectivity index (χ1) is 9.24. The molecule has 2 fully saturated rings. The van der Waals surface area contributed by atoms with Crippen molar-refractivity contribution in [2.75, 3.05) is 0 Å². The first kappa shape index (κ1) is 11.7. The van der Waals surface area contributed by atoms with E-state index in [1.165, 1.54) is 36.7 Å². The van der Waals surface area contributed by atoms with Crippen LogP contribution < -0.4 is 0 Å². The van der Waals surface area contributed by atoms with E-state index in [2.05, 4.69) is 40.7 Å². The zero-order valence-corrected chi connectivity index (χ0v) is 12.1. The van der Waals surface area contributed by atoms with Gasteiger partial charge in [-0.15, -0.1) is 0 Å². The van der Waals surface area contributed by atoms with Crippen LogP contribution in [0.5, 0.6) is 0 Å². The number of nitrogens with zero attached hydrogens (tertiary/aromatic N) is 1. The van der Waals surface area contributed by atoms with Crippen LogP contribution >= 0.6 is 12.2 Å². The number of para-hydroxylation sites is 2. The van der Waals surface area contributed by atoms with Crippen molar-refractivity contribution < 1.29 is 0 Å². The van der Waals surface area contributed by atoms with Gasteiger partial charge in [0.15, 0.2) is 4.77 Å². The number of benzene rings is 1. The molecule has 0 aliphatic heterocycles. The molecule has 2 saturated carbocycles. The summed E-state index contributed by atoms with van der Waals surface area (Å²) >= 11 is 5.56. The molecule has 19 heavy (non-hydrogen) atoms. The molecular formula is C16H20N2S. The Bertz CT molecular complexity index is 669. The van der Waals surface area contributed by atoms with Gasteiger partial charge in [-0.1, -0.05) is 18.6 Å². The monoisotopic (exact) mass is 272 g/mol. The van der Waals surface area contributed by atoms with Gasteiger partial charge in [0.05, 0.1) is 11.0 Å². The largest absolute Gasteiger partial charge is 0.331 e. The van der Waals surface area contributed by atoms with Crippen molar-refractivity contribution in [2.24, 2.45) is 17.8 Å². The van der Waals surface area contributed by atoms with E-state index < -0.39 is 0 Å². The molecule has 2 aliphatic carbocycles. The van der Waals surface area contributed by atoms with Crippen molar-refractivity contribution in [3.05, 3.63) is 29.0 Å². The predicted octanol–water partition coefficient (Wildman–Crippen LogP) is 4.70. The highest BCUT2D eigenvalue weighted by Gasteiger charge is 2.42. The average Bonchev–Trinajstić information content (AvgIpc) is 3.10. The van der Waals surface area contributed by atoms with Crippen molar-refractivity contribution in [2.45, 2.75) is 38.6 Å². The number of H-pyrrole nitrogens is 1. The maximum absolute atomic E-state index is 5.56. The first-order valence-electron chi connectivity index (χ1n) is 7.43. The van der Waals surface area contributed by atoms with Crippen molar-refractivity contribution >= 4 is 23.3 Å². The van der Waals surface area contributed by atoms with Crippen LogP contribution in [-0.2, 0) is 0 Å². The maximum atomic E-state index is 5.56.